The number of likely N-dealkylation sites (tertiary alicyclic amines) is 2. The maximum absolute atomic E-state index is 11.8. The van der Waals surface area contributed by atoms with E-state index in [4.69, 9.17) is 0 Å². The predicted molar refractivity (Wildman–Crippen MR) is 100 cm³/mol. The standard InChI is InChI=1S/C19H38N4O/c1-17-14-18(2)16-23(15-17)12-7-4-8-20-19(24)21-9-13-22-10-5-3-6-11-22/h17-18H,3-16H2,1-2H3,(H2,20,21,24). The average molecular weight is 339 g/mol. The van der Waals surface area contributed by atoms with Crippen LogP contribution in [0.2, 0.25) is 0 Å². The minimum atomic E-state index is -0.00720. The molecule has 0 aromatic rings. The Morgan fingerprint density at radius 1 is 0.875 bits per heavy atom. The first kappa shape index (κ1) is 19.5. The summed E-state index contributed by atoms with van der Waals surface area (Å²) in [7, 11) is 0. The topological polar surface area (TPSA) is 47.6 Å². The lowest BCUT2D eigenvalue weighted by molar-refractivity contribution is 0.139. The monoisotopic (exact) mass is 338 g/mol. The Bertz CT molecular complexity index is 347. The maximum Gasteiger partial charge on any atom is 0.314 e. The van der Waals surface area contributed by atoms with Gasteiger partial charge >= 0.3 is 6.03 Å². The largest absolute Gasteiger partial charge is 0.338 e. The molecule has 2 aliphatic rings. The zero-order valence-electron chi connectivity index (χ0n) is 15.9. The molecule has 5 heteroatoms. The molecule has 2 saturated heterocycles. The van der Waals surface area contributed by atoms with Crippen molar-refractivity contribution in [2.24, 2.45) is 11.8 Å². The van der Waals surface area contributed by atoms with Gasteiger partial charge in [0, 0.05) is 32.7 Å². The van der Waals surface area contributed by atoms with Crippen molar-refractivity contribution in [3.8, 4) is 0 Å². The number of hydrogen-bond donors (Lipinski definition) is 2. The van der Waals surface area contributed by atoms with E-state index in [0.717, 1.165) is 37.9 Å². The molecule has 0 saturated carbocycles. The molecule has 2 unspecified atom stereocenters. The lowest BCUT2D eigenvalue weighted by Gasteiger charge is -2.34. The van der Waals surface area contributed by atoms with E-state index < -0.39 is 0 Å². The molecule has 0 spiro atoms. The van der Waals surface area contributed by atoms with Crippen molar-refractivity contribution < 1.29 is 4.79 Å². The number of carbonyl (C=O) groups is 1. The minimum Gasteiger partial charge on any atom is -0.338 e. The first-order chi connectivity index (χ1) is 11.6. The van der Waals surface area contributed by atoms with Gasteiger partial charge < -0.3 is 20.4 Å². The SMILES string of the molecule is CC1CC(C)CN(CCCCNC(=O)NCCN2CCCCC2)C1. The first-order valence-electron chi connectivity index (χ1n) is 10.1. The Labute approximate surface area is 148 Å². The quantitative estimate of drug-likeness (QED) is 0.669. The lowest BCUT2D eigenvalue weighted by Crippen LogP contribution is -2.42. The number of urea groups is 1. The lowest BCUT2D eigenvalue weighted by atomic mass is 9.92. The minimum absolute atomic E-state index is 0.00720. The Kier molecular flexibility index (Phi) is 8.89. The molecule has 0 aliphatic carbocycles. The Hall–Kier alpha value is -0.810. The van der Waals surface area contributed by atoms with Gasteiger partial charge in [0.2, 0.25) is 0 Å². The molecule has 2 amide bonds. The van der Waals surface area contributed by atoms with E-state index in [1.54, 1.807) is 0 Å². The third-order valence-corrected chi connectivity index (χ3v) is 5.29. The van der Waals surface area contributed by atoms with Crippen LogP contribution in [0.4, 0.5) is 4.79 Å². The average Bonchev–Trinajstić information content (AvgIpc) is 2.54. The van der Waals surface area contributed by atoms with Crippen molar-refractivity contribution in [1.82, 2.24) is 20.4 Å². The smallest absolute Gasteiger partial charge is 0.314 e. The summed E-state index contributed by atoms with van der Waals surface area (Å²) in [6, 6.07) is -0.00720. The molecular weight excluding hydrogens is 300 g/mol. The second-order valence-electron chi connectivity index (χ2n) is 8.00. The first-order valence-corrected chi connectivity index (χ1v) is 10.1. The van der Waals surface area contributed by atoms with Crippen LogP contribution in [0.5, 0.6) is 0 Å². The van der Waals surface area contributed by atoms with Crippen LogP contribution in [0.15, 0.2) is 0 Å². The highest BCUT2D eigenvalue weighted by Gasteiger charge is 2.20. The Balaban J connectivity index is 1.43. The van der Waals surface area contributed by atoms with Crippen molar-refractivity contribution >= 4 is 6.03 Å². The van der Waals surface area contributed by atoms with E-state index in [2.05, 4.69) is 34.3 Å². The van der Waals surface area contributed by atoms with Gasteiger partial charge in [-0.1, -0.05) is 20.3 Å². The molecule has 2 aliphatic heterocycles. The second kappa shape index (κ2) is 10.9. The van der Waals surface area contributed by atoms with Gasteiger partial charge in [0.15, 0.2) is 0 Å². The van der Waals surface area contributed by atoms with Crippen molar-refractivity contribution in [3.63, 3.8) is 0 Å². The third-order valence-electron chi connectivity index (χ3n) is 5.29. The molecule has 0 bridgehead atoms. The van der Waals surface area contributed by atoms with Crippen molar-refractivity contribution in [1.29, 1.82) is 0 Å². The maximum atomic E-state index is 11.8. The molecule has 0 radical (unpaired) electrons. The van der Waals surface area contributed by atoms with Crippen LogP contribution >= 0.6 is 0 Å². The second-order valence-corrected chi connectivity index (χ2v) is 8.00. The molecule has 2 rings (SSSR count). The number of unbranched alkanes of at least 4 members (excludes halogenated alkanes) is 1. The summed E-state index contributed by atoms with van der Waals surface area (Å²) in [6.45, 7) is 13.3. The molecule has 2 N–H and O–H groups in total. The highest BCUT2D eigenvalue weighted by Crippen LogP contribution is 2.20. The molecule has 0 aromatic carbocycles. The summed E-state index contributed by atoms with van der Waals surface area (Å²) in [5.74, 6) is 1.66. The fourth-order valence-corrected chi connectivity index (χ4v) is 4.21. The van der Waals surface area contributed by atoms with Gasteiger partial charge in [-0.3, -0.25) is 0 Å². The van der Waals surface area contributed by atoms with E-state index in [1.807, 2.05) is 0 Å². The van der Waals surface area contributed by atoms with Gasteiger partial charge in [0.25, 0.3) is 0 Å². The fraction of sp³-hybridized carbons (Fsp3) is 0.947. The number of piperidine rings is 2. The summed E-state index contributed by atoms with van der Waals surface area (Å²) in [5, 5.41) is 5.97. The number of amides is 2. The summed E-state index contributed by atoms with van der Waals surface area (Å²) in [4.78, 5) is 16.8. The number of carbonyl (C=O) groups excluding carboxylic acids is 1. The molecule has 0 aromatic heterocycles. The van der Waals surface area contributed by atoms with Crippen LogP contribution in [0.1, 0.15) is 52.4 Å². The fourth-order valence-electron chi connectivity index (χ4n) is 4.21. The molecule has 2 atom stereocenters. The van der Waals surface area contributed by atoms with Crippen molar-refractivity contribution in [3.05, 3.63) is 0 Å². The summed E-state index contributed by atoms with van der Waals surface area (Å²) in [6.07, 6.45) is 7.59. The van der Waals surface area contributed by atoms with Crippen LogP contribution < -0.4 is 10.6 Å². The van der Waals surface area contributed by atoms with Crippen LogP contribution in [-0.2, 0) is 0 Å². The van der Waals surface area contributed by atoms with E-state index in [-0.39, 0.29) is 6.03 Å². The van der Waals surface area contributed by atoms with E-state index in [9.17, 15) is 4.79 Å². The van der Waals surface area contributed by atoms with Gasteiger partial charge in [-0.2, -0.15) is 0 Å². The van der Waals surface area contributed by atoms with Gasteiger partial charge in [-0.05, 0) is 63.6 Å². The molecule has 5 nitrogen and oxygen atoms in total. The van der Waals surface area contributed by atoms with Gasteiger partial charge in [-0.15, -0.1) is 0 Å². The molecule has 2 fully saturated rings. The Morgan fingerprint density at radius 3 is 2.25 bits per heavy atom. The van der Waals surface area contributed by atoms with E-state index in [1.165, 1.54) is 64.8 Å². The zero-order chi connectivity index (χ0) is 17.2. The number of hydrogen-bond acceptors (Lipinski definition) is 3. The summed E-state index contributed by atoms with van der Waals surface area (Å²) < 4.78 is 0. The van der Waals surface area contributed by atoms with Crippen LogP contribution in [0.25, 0.3) is 0 Å². The third kappa shape index (κ3) is 7.84. The normalized spacial score (nSPS) is 26.2. The number of rotatable bonds is 8. The molecule has 140 valence electrons. The highest BCUT2D eigenvalue weighted by atomic mass is 16.2. The number of nitrogens with zero attached hydrogens (tertiary/aromatic N) is 2. The van der Waals surface area contributed by atoms with Crippen molar-refractivity contribution in [2.75, 3.05) is 52.4 Å². The van der Waals surface area contributed by atoms with Crippen LogP contribution in [0, 0.1) is 11.8 Å². The van der Waals surface area contributed by atoms with Gasteiger partial charge in [0.05, 0.1) is 0 Å². The summed E-state index contributed by atoms with van der Waals surface area (Å²) in [5.41, 5.74) is 0. The number of nitrogens with one attached hydrogen (secondary N) is 2. The molecular formula is C19H38N4O. The Morgan fingerprint density at radius 2 is 1.54 bits per heavy atom. The zero-order valence-corrected chi connectivity index (χ0v) is 15.9. The van der Waals surface area contributed by atoms with Gasteiger partial charge in [-0.25, -0.2) is 4.79 Å². The van der Waals surface area contributed by atoms with Gasteiger partial charge in [0.1, 0.15) is 0 Å². The predicted octanol–water partition coefficient (Wildman–Crippen LogP) is 2.53. The van der Waals surface area contributed by atoms with Crippen LogP contribution in [-0.4, -0.2) is 68.2 Å². The van der Waals surface area contributed by atoms with E-state index in [0.29, 0.717) is 0 Å². The summed E-state index contributed by atoms with van der Waals surface area (Å²) >= 11 is 0. The molecule has 24 heavy (non-hydrogen) atoms. The van der Waals surface area contributed by atoms with E-state index >= 15 is 0 Å². The van der Waals surface area contributed by atoms with Crippen molar-refractivity contribution in [2.45, 2.75) is 52.4 Å². The highest BCUT2D eigenvalue weighted by molar-refractivity contribution is 5.73. The van der Waals surface area contributed by atoms with Crippen LogP contribution in [0.3, 0.4) is 0 Å². The molecule has 2 heterocycles.